The first kappa shape index (κ1) is 21.1. The molecule has 0 radical (unpaired) electrons. The first-order valence-electron chi connectivity index (χ1n) is 9.37. The van der Waals surface area contributed by atoms with E-state index in [0.29, 0.717) is 32.5 Å². The van der Waals surface area contributed by atoms with Gasteiger partial charge < -0.3 is 19.7 Å². The predicted molar refractivity (Wildman–Crippen MR) is 104 cm³/mol. The number of carboxylic acids is 1. The Kier molecular flexibility index (Phi) is 7.02. The average molecular weight is 381 g/mol. The summed E-state index contributed by atoms with van der Waals surface area (Å²) >= 11 is 0. The molecule has 1 aliphatic rings. The standard InChI is InChI=1S/C20H32O5Si/c1-15-5-8-17(9-6-15)26(3,4)18(13-19(22)23)10-7-16(21)14-20(2)24-11-12-25-20/h5-6,8-9,16,18,21H,7,10-14H2,1-4H3,(H,22,23)/t16-,18-/m1/s1. The van der Waals surface area contributed by atoms with Gasteiger partial charge in [0.15, 0.2) is 5.79 Å². The number of aliphatic hydroxyl groups excluding tert-OH is 1. The van der Waals surface area contributed by atoms with Crippen LogP contribution in [0.1, 0.15) is 38.2 Å². The highest BCUT2D eigenvalue weighted by atomic mass is 28.3. The van der Waals surface area contributed by atoms with Crippen molar-refractivity contribution in [3.63, 3.8) is 0 Å². The zero-order valence-corrected chi connectivity index (χ0v) is 17.3. The van der Waals surface area contributed by atoms with Gasteiger partial charge in [-0.3, -0.25) is 4.79 Å². The molecule has 1 fully saturated rings. The fourth-order valence-corrected chi connectivity index (χ4v) is 6.82. The lowest BCUT2D eigenvalue weighted by Gasteiger charge is -2.33. The molecule has 1 aromatic rings. The van der Waals surface area contributed by atoms with Crippen molar-refractivity contribution in [2.24, 2.45) is 0 Å². The number of aliphatic carboxylic acids is 1. The monoisotopic (exact) mass is 380 g/mol. The Balaban J connectivity index is 2.03. The van der Waals surface area contributed by atoms with Crippen molar-refractivity contribution in [3.05, 3.63) is 29.8 Å². The second-order valence-electron chi connectivity index (χ2n) is 8.15. The van der Waals surface area contributed by atoms with Crippen molar-refractivity contribution in [1.82, 2.24) is 0 Å². The number of hydrogen-bond donors (Lipinski definition) is 2. The predicted octanol–water partition coefficient (Wildman–Crippen LogP) is 3.05. The van der Waals surface area contributed by atoms with Crippen LogP contribution < -0.4 is 5.19 Å². The summed E-state index contributed by atoms with van der Waals surface area (Å²) in [6.45, 7) is 9.46. The maximum absolute atomic E-state index is 11.4. The van der Waals surface area contributed by atoms with Gasteiger partial charge in [-0.1, -0.05) is 48.1 Å². The Hall–Kier alpha value is -1.21. The third-order valence-electron chi connectivity index (χ3n) is 5.59. The van der Waals surface area contributed by atoms with Gasteiger partial charge in [0.1, 0.15) is 0 Å². The van der Waals surface area contributed by atoms with Crippen LogP contribution in [0.3, 0.4) is 0 Å². The topological polar surface area (TPSA) is 76.0 Å². The molecule has 0 bridgehead atoms. The molecule has 0 spiro atoms. The second kappa shape index (κ2) is 8.65. The van der Waals surface area contributed by atoms with E-state index in [0.717, 1.165) is 0 Å². The SMILES string of the molecule is Cc1ccc([Si](C)(C)[C@H](CC[C@@H](O)CC2(C)OCCO2)CC(=O)O)cc1. The van der Waals surface area contributed by atoms with Crippen LogP contribution in [-0.4, -0.2) is 49.4 Å². The first-order valence-corrected chi connectivity index (χ1v) is 12.4. The van der Waals surface area contributed by atoms with E-state index in [1.807, 2.05) is 6.92 Å². The molecule has 0 aromatic heterocycles. The minimum Gasteiger partial charge on any atom is -0.481 e. The molecule has 0 saturated carbocycles. The van der Waals surface area contributed by atoms with Gasteiger partial charge in [-0.25, -0.2) is 0 Å². The number of carbonyl (C=O) groups is 1. The molecular weight excluding hydrogens is 348 g/mol. The van der Waals surface area contributed by atoms with Crippen molar-refractivity contribution in [3.8, 4) is 0 Å². The summed E-state index contributed by atoms with van der Waals surface area (Å²) in [6.07, 6.45) is 1.25. The minimum atomic E-state index is -1.98. The molecule has 1 aliphatic heterocycles. The normalized spacial score (nSPS) is 19.3. The van der Waals surface area contributed by atoms with Gasteiger partial charge in [0.2, 0.25) is 0 Å². The van der Waals surface area contributed by atoms with E-state index in [2.05, 4.69) is 44.3 Å². The summed E-state index contributed by atoms with van der Waals surface area (Å²) in [4.78, 5) is 11.4. The number of aliphatic hydroxyl groups is 1. The summed E-state index contributed by atoms with van der Waals surface area (Å²) < 4.78 is 11.1. The minimum absolute atomic E-state index is 0.0653. The van der Waals surface area contributed by atoms with Crippen LogP contribution in [0.5, 0.6) is 0 Å². The van der Waals surface area contributed by atoms with Crippen LogP contribution in [0.15, 0.2) is 24.3 Å². The lowest BCUT2D eigenvalue weighted by molar-refractivity contribution is -0.163. The van der Waals surface area contributed by atoms with Crippen LogP contribution in [0.25, 0.3) is 0 Å². The summed E-state index contributed by atoms with van der Waals surface area (Å²) in [7, 11) is -1.98. The van der Waals surface area contributed by atoms with E-state index < -0.39 is 25.9 Å². The van der Waals surface area contributed by atoms with Crippen molar-refractivity contribution in [2.75, 3.05) is 13.2 Å². The molecule has 5 nitrogen and oxygen atoms in total. The molecule has 1 aromatic carbocycles. The molecular formula is C20H32O5Si. The molecule has 2 atom stereocenters. The van der Waals surface area contributed by atoms with Crippen LogP contribution in [0.4, 0.5) is 0 Å². The Morgan fingerprint density at radius 1 is 1.19 bits per heavy atom. The van der Waals surface area contributed by atoms with Crippen LogP contribution in [0, 0.1) is 6.92 Å². The second-order valence-corrected chi connectivity index (χ2v) is 13.0. The number of rotatable bonds is 9. The van der Waals surface area contributed by atoms with Crippen molar-refractivity contribution < 1.29 is 24.5 Å². The molecule has 0 aliphatic carbocycles. The van der Waals surface area contributed by atoms with Gasteiger partial charge in [0.05, 0.1) is 27.4 Å². The fraction of sp³-hybridized carbons (Fsp3) is 0.650. The van der Waals surface area contributed by atoms with Crippen LogP contribution in [-0.2, 0) is 14.3 Å². The highest BCUT2D eigenvalue weighted by Crippen LogP contribution is 2.33. The van der Waals surface area contributed by atoms with E-state index in [1.54, 1.807) is 0 Å². The average Bonchev–Trinajstić information content (AvgIpc) is 2.97. The van der Waals surface area contributed by atoms with Crippen molar-refractivity contribution in [1.29, 1.82) is 0 Å². The Bertz CT molecular complexity index is 593. The molecule has 0 unspecified atom stereocenters. The van der Waals surface area contributed by atoms with Gasteiger partial charge in [0, 0.05) is 12.8 Å². The van der Waals surface area contributed by atoms with Gasteiger partial charge in [-0.2, -0.15) is 0 Å². The van der Waals surface area contributed by atoms with E-state index >= 15 is 0 Å². The largest absolute Gasteiger partial charge is 0.481 e. The zero-order chi connectivity index (χ0) is 19.4. The lowest BCUT2D eigenvalue weighted by atomic mass is 10.0. The Morgan fingerprint density at radius 3 is 2.31 bits per heavy atom. The van der Waals surface area contributed by atoms with Gasteiger partial charge in [-0.15, -0.1) is 0 Å². The maximum atomic E-state index is 11.4. The molecule has 1 heterocycles. The Morgan fingerprint density at radius 2 is 1.77 bits per heavy atom. The van der Waals surface area contributed by atoms with Crippen molar-refractivity contribution >= 4 is 19.2 Å². The zero-order valence-electron chi connectivity index (χ0n) is 16.3. The quantitative estimate of drug-likeness (QED) is 0.644. The summed E-state index contributed by atoms with van der Waals surface area (Å²) in [5.41, 5.74) is 1.27. The van der Waals surface area contributed by atoms with Gasteiger partial charge in [0.25, 0.3) is 0 Å². The summed E-state index contributed by atoms with van der Waals surface area (Å²) in [5, 5.41) is 21.1. The molecule has 6 heteroatoms. The molecule has 2 rings (SSSR count). The highest BCUT2D eigenvalue weighted by molar-refractivity contribution is 6.91. The summed E-state index contributed by atoms with van der Waals surface area (Å²) in [6, 6.07) is 8.45. The third kappa shape index (κ3) is 5.64. The molecule has 0 amide bonds. The molecule has 146 valence electrons. The number of carboxylic acid groups (broad SMARTS) is 1. The van der Waals surface area contributed by atoms with Gasteiger partial charge in [-0.05, 0) is 32.2 Å². The number of benzene rings is 1. The molecule has 2 N–H and O–H groups in total. The first-order chi connectivity index (χ1) is 12.1. The number of hydrogen-bond acceptors (Lipinski definition) is 4. The van der Waals surface area contributed by atoms with Crippen molar-refractivity contribution in [2.45, 2.75) is 70.1 Å². The third-order valence-corrected chi connectivity index (χ3v) is 9.95. The highest BCUT2D eigenvalue weighted by Gasteiger charge is 2.37. The van der Waals surface area contributed by atoms with Crippen LogP contribution >= 0.6 is 0 Å². The van der Waals surface area contributed by atoms with Gasteiger partial charge >= 0.3 is 5.97 Å². The lowest BCUT2D eigenvalue weighted by Crippen LogP contribution is -2.47. The fourth-order valence-electron chi connectivity index (χ4n) is 3.75. The molecule has 1 saturated heterocycles. The number of ether oxygens (including phenoxy) is 2. The van der Waals surface area contributed by atoms with E-state index in [-0.39, 0.29) is 12.0 Å². The Labute approximate surface area is 157 Å². The van der Waals surface area contributed by atoms with E-state index in [9.17, 15) is 15.0 Å². The van der Waals surface area contributed by atoms with E-state index in [4.69, 9.17) is 9.47 Å². The maximum Gasteiger partial charge on any atom is 0.303 e. The molecule has 26 heavy (non-hydrogen) atoms. The van der Waals surface area contributed by atoms with E-state index in [1.165, 1.54) is 10.8 Å². The smallest absolute Gasteiger partial charge is 0.303 e. The number of aryl methyl sites for hydroxylation is 1. The summed E-state index contributed by atoms with van der Waals surface area (Å²) in [5.74, 6) is -1.49. The van der Waals surface area contributed by atoms with Crippen LogP contribution in [0.2, 0.25) is 18.6 Å².